The van der Waals surface area contributed by atoms with E-state index in [9.17, 15) is 0 Å². The van der Waals surface area contributed by atoms with Crippen molar-refractivity contribution >= 4 is 17.2 Å². The Kier molecular flexibility index (Phi) is 15.0. The van der Waals surface area contributed by atoms with Gasteiger partial charge in [0.1, 0.15) is 0 Å². The van der Waals surface area contributed by atoms with Crippen molar-refractivity contribution in [2.75, 3.05) is 0 Å². The van der Waals surface area contributed by atoms with Crippen LogP contribution in [0.1, 0.15) is 134 Å². The molecule has 2 aliphatic rings. The molecule has 1 radical (unpaired) electrons. The van der Waals surface area contributed by atoms with Gasteiger partial charge in [-0.25, -0.2) is 0 Å². The average Bonchev–Trinajstić information content (AvgIpc) is 3.72. The summed E-state index contributed by atoms with van der Waals surface area (Å²) < 4.78 is 0. The van der Waals surface area contributed by atoms with Crippen LogP contribution in [0.2, 0.25) is 0 Å². The van der Waals surface area contributed by atoms with Crippen molar-refractivity contribution in [1.82, 2.24) is 0 Å². The standard InChI is InChI=1S/C49H57.2ClH.Zr/c1-11-13-17-36(18-14-12-2)45-46-40-31-42(48(5,6)7)39(34-25-21-32(3)22-26-34)29-38(40)30-41(46)43(35-19-15-16-20-35)44(47(45)49(8,9)10)37-27-23-33(4)24-28-37;;;/h15-16,19,21-29,31H,11-14,17-18,20H2,1-10H3;2*1H;/q-1;;;+3/p-2. The SMILES string of the molecule is CCCCC(CCCC)=c1c(C(C)(C)C)c(-c2ccc(C)cc2)c(C2=CC=CC2)c2c1=c1cc(C(C)(C)C)c(-c3ccc(C)cc3)cc1=[C-]2.[Cl-].[Cl-].[Zr+3]. The number of rotatable bonds is 9. The fourth-order valence-electron chi connectivity index (χ4n) is 8.00. The Hall–Kier alpha value is -2.44. The zero-order valence-corrected chi connectivity index (χ0v) is 37.2. The van der Waals surface area contributed by atoms with Crippen LogP contribution in [0.4, 0.5) is 0 Å². The molecule has 6 rings (SSSR count). The second-order valence-electron chi connectivity index (χ2n) is 16.7. The molecule has 0 aliphatic heterocycles. The summed E-state index contributed by atoms with van der Waals surface area (Å²) in [4.78, 5) is 0. The van der Waals surface area contributed by atoms with Gasteiger partial charge in [0.05, 0.1) is 0 Å². The molecular weight excluding hydrogens is 751 g/mol. The summed E-state index contributed by atoms with van der Waals surface area (Å²) in [5, 5.41) is 5.55. The molecule has 0 atom stereocenters. The Morgan fingerprint density at radius 3 is 1.75 bits per heavy atom. The van der Waals surface area contributed by atoms with E-state index in [1.165, 1.54) is 108 Å². The summed E-state index contributed by atoms with van der Waals surface area (Å²) >= 11 is 0. The summed E-state index contributed by atoms with van der Waals surface area (Å²) in [6.07, 6.45) is 19.2. The Labute approximate surface area is 346 Å². The van der Waals surface area contributed by atoms with Gasteiger partial charge in [-0.2, -0.15) is 0 Å². The third-order valence-corrected chi connectivity index (χ3v) is 10.6. The molecule has 4 aromatic rings. The maximum atomic E-state index is 4.15. The first-order valence-corrected chi connectivity index (χ1v) is 18.9. The third kappa shape index (κ3) is 8.75. The van der Waals surface area contributed by atoms with Crippen LogP contribution < -0.4 is 35.3 Å². The molecule has 0 unspecified atom stereocenters. The van der Waals surface area contributed by atoms with Gasteiger partial charge >= 0.3 is 26.2 Å². The van der Waals surface area contributed by atoms with Gasteiger partial charge < -0.3 is 24.8 Å². The van der Waals surface area contributed by atoms with Crippen molar-refractivity contribution in [3.05, 3.63) is 133 Å². The van der Waals surface area contributed by atoms with Crippen LogP contribution in [0.3, 0.4) is 0 Å². The molecule has 2 aliphatic carbocycles. The van der Waals surface area contributed by atoms with E-state index >= 15 is 0 Å². The van der Waals surface area contributed by atoms with Crippen molar-refractivity contribution in [2.45, 2.75) is 125 Å². The first-order valence-electron chi connectivity index (χ1n) is 18.9. The number of hydrogen-bond acceptors (Lipinski definition) is 0. The van der Waals surface area contributed by atoms with Gasteiger partial charge in [0.2, 0.25) is 0 Å². The van der Waals surface area contributed by atoms with Gasteiger partial charge in [-0.15, -0.1) is 33.4 Å². The van der Waals surface area contributed by atoms with E-state index in [4.69, 9.17) is 0 Å². The van der Waals surface area contributed by atoms with Crippen LogP contribution >= 0.6 is 0 Å². The molecule has 271 valence electrons. The van der Waals surface area contributed by atoms with E-state index < -0.39 is 0 Å². The molecule has 0 heterocycles. The molecule has 0 bridgehead atoms. The smallest absolute Gasteiger partial charge is 1.00 e. The van der Waals surface area contributed by atoms with E-state index in [1.54, 1.807) is 5.57 Å². The number of hydrogen-bond donors (Lipinski definition) is 0. The van der Waals surface area contributed by atoms with Gasteiger partial charge in [-0.3, -0.25) is 0 Å². The van der Waals surface area contributed by atoms with E-state index in [0.29, 0.717) is 0 Å². The van der Waals surface area contributed by atoms with E-state index in [0.717, 1.165) is 19.3 Å². The predicted octanol–water partition coefficient (Wildman–Crippen LogP) is 6.42. The minimum atomic E-state index is -0.0763. The van der Waals surface area contributed by atoms with E-state index in [-0.39, 0.29) is 61.8 Å². The van der Waals surface area contributed by atoms with Crippen LogP contribution in [-0.2, 0) is 37.0 Å². The minimum absolute atomic E-state index is 0. The second kappa shape index (κ2) is 17.8. The zero-order chi connectivity index (χ0) is 35.1. The van der Waals surface area contributed by atoms with Crippen molar-refractivity contribution in [1.29, 1.82) is 0 Å². The number of unbranched alkanes of at least 4 members (excludes halogenated alkanes) is 2. The maximum absolute atomic E-state index is 4.15. The van der Waals surface area contributed by atoms with Crippen LogP contribution in [0.5, 0.6) is 0 Å². The molecule has 4 aromatic carbocycles. The normalized spacial score (nSPS) is 12.9. The molecule has 52 heavy (non-hydrogen) atoms. The molecule has 0 fully saturated rings. The number of halogens is 2. The van der Waals surface area contributed by atoms with Crippen LogP contribution in [0, 0.1) is 24.3 Å². The van der Waals surface area contributed by atoms with E-state index in [1.807, 2.05) is 0 Å². The van der Waals surface area contributed by atoms with Crippen LogP contribution in [-0.4, -0.2) is 0 Å². The monoisotopic (exact) mass is 805 g/mol. The summed E-state index contributed by atoms with van der Waals surface area (Å²) in [6.45, 7) is 23.5. The molecule has 0 nitrogen and oxygen atoms in total. The van der Waals surface area contributed by atoms with E-state index in [2.05, 4.69) is 154 Å². The number of allylic oxidation sites excluding steroid dienone is 4. The van der Waals surface area contributed by atoms with Crippen molar-refractivity contribution in [3.8, 4) is 22.3 Å². The molecule has 0 amide bonds. The molecule has 3 heteroatoms. The zero-order valence-electron chi connectivity index (χ0n) is 33.2. The Bertz CT molecular complexity index is 2160. The van der Waals surface area contributed by atoms with Crippen molar-refractivity contribution in [2.24, 2.45) is 0 Å². The topological polar surface area (TPSA) is 0 Å². The molecule has 0 N–H and O–H groups in total. The largest absolute Gasteiger partial charge is 3.00 e. The number of benzene rings is 4. The Morgan fingerprint density at radius 2 is 1.27 bits per heavy atom. The Morgan fingerprint density at radius 1 is 0.712 bits per heavy atom. The molecule has 0 spiro atoms. The van der Waals surface area contributed by atoms with Crippen molar-refractivity contribution in [3.63, 3.8) is 0 Å². The van der Waals surface area contributed by atoms with Crippen LogP contribution in [0.15, 0.2) is 78.9 Å². The molecule has 0 saturated heterocycles. The van der Waals surface area contributed by atoms with Gasteiger partial charge in [0.15, 0.2) is 0 Å². The summed E-state index contributed by atoms with van der Waals surface area (Å²) in [5.74, 6) is 0. The fourth-order valence-corrected chi connectivity index (χ4v) is 8.00. The van der Waals surface area contributed by atoms with Crippen LogP contribution in [0.25, 0.3) is 39.5 Å². The fraction of sp³-hybridized carbons (Fsp3) is 0.388. The molecular formula is C49H57Cl2Zr. The van der Waals surface area contributed by atoms with Gasteiger partial charge in [0, 0.05) is 0 Å². The summed E-state index contributed by atoms with van der Waals surface area (Å²) in [6, 6.07) is 23.5. The van der Waals surface area contributed by atoms with Gasteiger partial charge in [-0.05, 0) is 90.2 Å². The van der Waals surface area contributed by atoms with Crippen molar-refractivity contribution < 1.29 is 51.0 Å². The first-order chi connectivity index (χ1) is 23.3. The summed E-state index contributed by atoms with van der Waals surface area (Å²) in [5.41, 5.74) is 16.5. The number of aryl methyl sites for hydroxylation is 2. The third-order valence-electron chi connectivity index (χ3n) is 10.6. The van der Waals surface area contributed by atoms with Gasteiger partial charge in [-0.1, -0.05) is 174 Å². The second-order valence-corrected chi connectivity index (χ2v) is 16.7. The molecule has 0 aromatic heterocycles. The first kappa shape index (κ1) is 44.0. The summed E-state index contributed by atoms with van der Waals surface area (Å²) in [7, 11) is 0. The average molecular weight is 808 g/mol. The number of fused-ring (bicyclic) bond motifs is 2. The van der Waals surface area contributed by atoms with Gasteiger partial charge in [0.25, 0.3) is 0 Å². The maximum Gasteiger partial charge on any atom is 3.00 e. The molecule has 0 saturated carbocycles. The minimum Gasteiger partial charge on any atom is -1.00 e. The Balaban J connectivity index is 0.00000243. The quantitative estimate of drug-likeness (QED) is 0.151. The predicted molar refractivity (Wildman–Crippen MR) is 214 cm³/mol.